The van der Waals surface area contributed by atoms with Crippen molar-refractivity contribution in [1.29, 1.82) is 0 Å². The fraction of sp³-hybridized carbons (Fsp3) is 0.143. The molecular weight excluding hydrogens is 200 g/mol. The van der Waals surface area contributed by atoms with Crippen LogP contribution < -0.4 is 16.7 Å². The highest BCUT2D eigenvalue weighted by Crippen LogP contribution is 2.04. The van der Waals surface area contributed by atoms with Gasteiger partial charge in [0, 0.05) is 7.05 Å². The Morgan fingerprint density at radius 2 is 2.33 bits per heavy atom. The van der Waals surface area contributed by atoms with Crippen LogP contribution in [-0.4, -0.2) is 25.6 Å². The van der Waals surface area contributed by atoms with Crippen molar-refractivity contribution in [3.63, 3.8) is 0 Å². The second kappa shape index (κ2) is 3.08. The number of fused-ring (bicyclic) bond motifs is 1. The van der Waals surface area contributed by atoms with Crippen LogP contribution in [0.25, 0.3) is 11.2 Å². The minimum absolute atomic E-state index is 0.113. The SMILES string of the molecule is Cn1cnc2nc(N)n(NC=O)c(=O)c21. The van der Waals surface area contributed by atoms with Gasteiger partial charge in [-0.25, -0.2) is 4.98 Å². The Morgan fingerprint density at radius 1 is 1.60 bits per heavy atom. The predicted octanol–water partition coefficient (Wildman–Crippen LogP) is -1.59. The minimum Gasteiger partial charge on any atom is -0.368 e. The van der Waals surface area contributed by atoms with Crippen LogP contribution in [0.4, 0.5) is 5.95 Å². The summed E-state index contributed by atoms with van der Waals surface area (Å²) in [7, 11) is 1.65. The van der Waals surface area contributed by atoms with Gasteiger partial charge in [-0.05, 0) is 0 Å². The van der Waals surface area contributed by atoms with Gasteiger partial charge in [-0.15, -0.1) is 0 Å². The van der Waals surface area contributed by atoms with Gasteiger partial charge in [0.1, 0.15) is 0 Å². The summed E-state index contributed by atoms with van der Waals surface area (Å²) in [5.74, 6) is -0.113. The lowest BCUT2D eigenvalue weighted by atomic mass is 10.5. The molecule has 0 saturated carbocycles. The molecule has 0 aliphatic heterocycles. The lowest BCUT2D eigenvalue weighted by Crippen LogP contribution is -2.32. The molecule has 2 aromatic heterocycles. The first-order valence-corrected chi connectivity index (χ1v) is 4.05. The standard InChI is InChI=1S/C7H8N6O2/c1-12-2-9-5-4(12)6(15)13(10-3-14)7(8)11-5/h2-3H,1H3,(H2,8,11)(H,10,14). The second-order valence-corrected chi connectivity index (χ2v) is 2.89. The van der Waals surface area contributed by atoms with Crippen LogP contribution >= 0.6 is 0 Å². The van der Waals surface area contributed by atoms with E-state index in [-0.39, 0.29) is 17.1 Å². The summed E-state index contributed by atoms with van der Waals surface area (Å²) in [6.45, 7) is 0. The number of nitrogen functional groups attached to an aromatic ring is 1. The summed E-state index contributed by atoms with van der Waals surface area (Å²) in [5.41, 5.74) is 7.67. The summed E-state index contributed by atoms with van der Waals surface area (Å²) in [5, 5.41) is 0. The third-order valence-corrected chi connectivity index (χ3v) is 1.95. The number of carbonyl (C=O) groups is 1. The number of imidazole rings is 1. The van der Waals surface area contributed by atoms with E-state index in [0.717, 1.165) is 4.68 Å². The van der Waals surface area contributed by atoms with Gasteiger partial charge in [0.05, 0.1) is 6.33 Å². The molecule has 15 heavy (non-hydrogen) atoms. The van der Waals surface area contributed by atoms with Crippen molar-refractivity contribution in [3.8, 4) is 0 Å². The number of amides is 1. The molecule has 0 aromatic carbocycles. The van der Waals surface area contributed by atoms with Crippen molar-refractivity contribution in [3.05, 3.63) is 16.7 Å². The number of rotatable bonds is 2. The highest BCUT2D eigenvalue weighted by molar-refractivity contribution is 5.71. The highest BCUT2D eigenvalue weighted by atomic mass is 16.2. The van der Waals surface area contributed by atoms with E-state index < -0.39 is 5.56 Å². The summed E-state index contributed by atoms with van der Waals surface area (Å²) < 4.78 is 2.37. The van der Waals surface area contributed by atoms with Crippen molar-refractivity contribution < 1.29 is 4.79 Å². The molecule has 8 heteroatoms. The smallest absolute Gasteiger partial charge is 0.300 e. The summed E-state index contributed by atoms with van der Waals surface area (Å²) in [4.78, 5) is 29.8. The van der Waals surface area contributed by atoms with Gasteiger partial charge in [0.2, 0.25) is 12.4 Å². The van der Waals surface area contributed by atoms with E-state index in [1.54, 1.807) is 7.05 Å². The van der Waals surface area contributed by atoms with E-state index in [2.05, 4.69) is 15.4 Å². The Bertz CT molecular complexity index is 583. The van der Waals surface area contributed by atoms with Crippen molar-refractivity contribution >= 4 is 23.5 Å². The Hall–Kier alpha value is -2.38. The number of aryl methyl sites for hydroxylation is 1. The lowest BCUT2D eigenvalue weighted by Gasteiger charge is -2.05. The van der Waals surface area contributed by atoms with Crippen LogP contribution in [0.2, 0.25) is 0 Å². The summed E-state index contributed by atoms with van der Waals surface area (Å²) in [6, 6.07) is 0. The lowest BCUT2D eigenvalue weighted by molar-refractivity contribution is -0.106. The van der Waals surface area contributed by atoms with Crippen LogP contribution in [0.1, 0.15) is 0 Å². The third kappa shape index (κ3) is 1.23. The van der Waals surface area contributed by atoms with Crippen molar-refractivity contribution in [2.75, 3.05) is 11.2 Å². The average Bonchev–Trinajstić information content (AvgIpc) is 2.54. The maximum absolute atomic E-state index is 11.8. The Labute approximate surface area is 83.3 Å². The van der Waals surface area contributed by atoms with Gasteiger partial charge in [0.15, 0.2) is 11.2 Å². The van der Waals surface area contributed by atoms with E-state index in [4.69, 9.17) is 5.73 Å². The number of anilines is 1. The molecule has 1 amide bonds. The van der Waals surface area contributed by atoms with Crippen molar-refractivity contribution in [2.24, 2.45) is 7.05 Å². The first-order chi connectivity index (χ1) is 7.15. The van der Waals surface area contributed by atoms with Crippen LogP contribution in [0.5, 0.6) is 0 Å². The van der Waals surface area contributed by atoms with E-state index in [9.17, 15) is 9.59 Å². The van der Waals surface area contributed by atoms with Gasteiger partial charge in [0.25, 0.3) is 5.56 Å². The summed E-state index contributed by atoms with van der Waals surface area (Å²) >= 11 is 0. The van der Waals surface area contributed by atoms with E-state index in [1.165, 1.54) is 10.9 Å². The Morgan fingerprint density at radius 3 is 3.00 bits per heavy atom. The molecule has 0 saturated heterocycles. The number of nitrogens with two attached hydrogens (primary N) is 1. The maximum atomic E-state index is 11.8. The molecule has 78 valence electrons. The van der Waals surface area contributed by atoms with E-state index in [0.29, 0.717) is 6.41 Å². The van der Waals surface area contributed by atoms with Crippen LogP contribution in [0.3, 0.4) is 0 Å². The zero-order chi connectivity index (χ0) is 11.0. The molecule has 0 radical (unpaired) electrons. The minimum atomic E-state index is -0.468. The zero-order valence-electron chi connectivity index (χ0n) is 7.84. The van der Waals surface area contributed by atoms with E-state index in [1.807, 2.05) is 0 Å². The van der Waals surface area contributed by atoms with Crippen LogP contribution in [0.15, 0.2) is 11.1 Å². The number of nitrogens with one attached hydrogen (secondary N) is 1. The Balaban J connectivity index is 2.87. The van der Waals surface area contributed by atoms with Gasteiger partial charge >= 0.3 is 0 Å². The molecule has 0 atom stereocenters. The number of hydrogen-bond acceptors (Lipinski definition) is 5. The van der Waals surface area contributed by atoms with Gasteiger partial charge in [-0.1, -0.05) is 0 Å². The maximum Gasteiger partial charge on any atom is 0.300 e. The molecule has 2 aromatic rings. The third-order valence-electron chi connectivity index (χ3n) is 1.95. The van der Waals surface area contributed by atoms with Crippen molar-refractivity contribution in [1.82, 2.24) is 19.2 Å². The quantitative estimate of drug-likeness (QED) is 0.578. The molecule has 2 heterocycles. The number of aromatic nitrogens is 4. The molecule has 0 spiro atoms. The molecule has 0 bridgehead atoms. The normalized spacial score (nSPS) is 10.5. The predicted molar refractivity (Wildman–Crippen MR) is 52.6 cm³/mol. The first-order valence-electron chi connectivity index (χ1n) is 4.05. The fourth-order valence-electron chi connectivity index (χ4n) is 1.29. The second-order valence-electron chi connectivity index (χ2n) is 2.89. The molecular formula is C7H8N6O2. The summed E-state index contributed by atoms with van der Waals surface area (Å²) in [6.07, 6.45) is 1.80. The fourth-order valence-corrected chi connectivity index (χ4v) is 1.29. The number of hydrogen-bond donors (Lipinski definition) is 2. The largest absolute Gasteiger partial charge is 0.368 e. The van der Waals surface area contributed by atoms with Crippen LogP contribution in [0, 0.1) is 0 Å². The molecule has 0 aliphatic rings. The Kier molecular flexibility index (Phi) is 1.89. The van der Waals surface area contributed by atoms with Gasteiger partial charge in [-0.2, -0.15) is 9.66 Å². The van der Waals surface area contributed by atoms with Gasteiger partial charge < -0.3 is 10.3 Å². The van der Waals surface area contributed by atoms with Crippen molar-refractivity contribution in [2.45, 2.75) is 0 Å². The molecule has 0 aliphatic carbocycles. The molecule has 3 N–H and O–H groups in total. The molecule has 0 unspecified atom stereocenters. The topological polar surface area (TPSA) is 108 Å². The zero-order valence-corrected chi connectivity index (χ0v) is 7.84. The monoisotopic (exact) mass is 208 g/mol. The highest BCUT2D eigenvalue weighted by Gasteiger charge is 2.11. The number of carbonyl (C=O) groups excluding carboxylic acids is 1. The van der Waals surface area contributed by atoms with E-state index >= 15 is 0 Å². The molecule has 2 rings (SSSR count). The van der Waals surface area contributed by atoms with Crippen LogP contribution in [-0.2, 0) is 11.8 Å². The average molecular weight is 208 g/mol. The van der Waals surface area contributed by atoms with Gasteiger partial charge in [-0.3, -0.25) is 15.0 Å². The number of nitrogens with zero attached hydrogens (tertiary/aromatic N) is 4. The molecule has 0 fully saturated rings. The first kappa shape index (κ1) is 9.19. The molecule has 8 nitrogen and oxygen atoms in total.